The molecular weight excluding hydrogens is 288 g/mol. The lowest BCUT2D eigenvalue weighted by Crippen LogP contribution is -2.38. The van der Waals surface area contributed by atoms with E-state index in [2.05, 4.69) is 27.6 Å². The molecule has 0 bridgehead atoms. The summed E-state index contributed by atoms with van der Waals surface area (Å²) in [5.41, 5.74) is 2.02. The first-order valence-electron chi connectivity index (χ1n) is 8.93. The van der Waals surface area contributed by atoms with Crippen molar-refractivity contribution in [2.75, 3.05) is 20.2 Å². The zero-order valence-corrected chi connectivity index (χ0v) is 13.9. The van der Waals surface area contributed by atoms with E-state index >= 15 is 0 Å². The number of nitrogens with zero attached hydrogens (tertiary/aromatic N) is 4. The Morgan fingerprint density at radius 1 is 1.26 bits per heavy atom. The standard InChI is InChI=1S/C18H26N4O/c1-21-10-3-2-6-14(21)12-17-20-16-8-4-9-19-18(16)22(17)13-15-7-5-11-23-15/h4,8-9,14-15H,2-3,5-7,10-13H2,1H3. The first-order valence-corrected chi connectivity index (χ1v) is 8.93. The van der Waals surface area contributed by atoms with Crippen LogP contribution in [0.25, 0.3) is 11.2 Å². The van der Waals surface area contributed by atoms with Gasteiger partial charge in [0.1, 0.15) is 11.3 Å². The van der Waals surface area contributed by atoms with Crippen LogP contribution in [0.5, 0.6) is 0 Å². The average Bonchev–Trinajstić information content (AvgIpc) is 3.19. The number of aromatic nitrogens is 3. The summed E-state index contributed by atoms with van der Waals surface area (Å²) in [7, 11) is 2.25. The Bertz CT molecular complexity index is 662. The van der Waals surface area contributed by atoms with Crippen molar-refractivity contribution in [3.63, 3.8) is 0 Å². The lowest BCUT2D eigenvalue weighted by Gasteiger charge is -2.32. The smallest absolute Gasteiger partial charge is 0.160 e. The Morgan fingerprint density at radius 3 is 3.04 bits per heavy atom. The van der Waals surface area contributed by atoms with Crippen LogP contribution in [0.1, 0.15) is 37.9 Å². The van der Waals surface area contributed by atoms with Crippen LogP contribution in [-0.2, 0) is 17.7 Å². The van der Waals surface area contributed by atoms with Crippen LogP contribution in [0.3, 0.4) is 0 Å². The lowest BCUT2D eigenvalue weighted by molar-refractivity contribution is 0.0964. The van der Waals surface area contributed by atoms with Gasteiger partial charge in [-0.1, -0.05) is 6.42 Å². The maximum absolute atomic E-state index is 5.85. The van der Waals surface area contributed by atoms with Crippen molar-refractivity contribution in [2.24, 2.45) is 0 Å². The van der Waals surface area contributed by atoms with Gasteiger partial charge < -0.3 is 14.2 Å². The zero-order chi connectivity index (χ0) is 15.6. The minimum atomic E-state index is 0.317. The van der Waals surface area contributed by atoms with Crippen LogP contribution >= 0.6 is 0 Å². The highest BCUT2D eigenvalue weighted by Gasteiger charge is 2.24. The highest BCUT2D eigenvalue weighted by molar-refractivity contribution is 5.71. The molecule has 0 radical (unpaired) electrons. The fourth-order valence-corrected chi connectivity index (χ4v) is 3.96. The molecule has 124 valence electrons. The summed E-state index contributed by atoms with van der Waals surface area (Å²) in [5.74, 6) is 1.17. The summed E-state index contributed by atoms with van der Waals surface area (Å²) in [4.78, 5) is 12.0. The molecule has 0 aromatic carbocycles. The van der Waals surface area contributed by atoms with Crippen molar-refractivity contribution >= 4 is 11.2 Å². The highest BCUT2D eigenvalue weighted by atomic mass is 16.5. The summed E-state index contributed by atoms with van der Waals surface area (Å²) in [6.07, 6.45) is 9.44. The third-order valence-electron chi connectivity index (χ3n) is 5.33. The van der Waals surface area contributed by atoms with E-state index in [4.69, 9.17) is 9.72 Å². The van der Waals surface area contributed by atoms with Crippen LogP contribution in [0.4, 0.5) is 0 Å². The second-order valence-corrected chi connectivity index (χ2v) is 6.95. The van der Waals surface area contributed by atoms with Crippen LogP contribution in [0, 0.1) is 0 Å². The van der Waals surface area contributed by atoms with Crippen molar-refractivity contribution in [3.8, 4) is 0 Å². The third kappa shape index (κ3) is 3.12. The van der Waals surface area contributed by atoms with E-state index in [1.54, 1.807) is 0 Å². The van der Waals surface area contributed by atoms with Gasteiger partial charge in [-0.15, -0.1) is 0 Å². The summed E-state index contributed by atoms with van der Waals surface area (Å²) in [6, 6.07) is 4.65. The van der Waals surface area contributed by atoms with Gasteiger partial charge in [-0.05, 0) is 51.4 Å². The Balaban J connectivity index is 1.63. The Morgan fingerprint density at radius 2 is 2.22 bits per heavy atom. The van der Waals surface area contributed by atoms with Crippen LogP contribution < -0.4 is 0 Å². The first kappa shape index (κ1) is 15.1. The second kappa shape index (κ2) is 6.57. The maximum atomic E-state index is 5.85. The van der Waals surface area contributed by atoms with Crippen molar-refractivity contribution in [2.45, 2.75) is 57.2 Å². The molecule has 2 aliphatic rings. The van der Waals surface area contributed by atoms with Gasteiger partial charge in [0.25, 0.3) is 0 Å². The first-order chi connectivity index (χ1) is 11.3. The van der Waals surface area contributed by atoms with Gasteiger partial charge in [0, 0.05) is 25.3 Å². The van der Waals surface area contributed by atoms with Crippen LogP contribution in [-0.4, -0.2) is 51.8 Å². The van der Waals surface area contributed by atoms with Gasteiger partial charge in [0.15, 0.2) is 5.65 Å². The minimum absolute atomic E-state index is 0.317. The minimum Gasteiger partial charge on any atom is -0.376 e. The molecule has 2 unspecified atom stereocenters. The second-order valence-electron chi connectivity index (χ2n) is 6.95. The van der Waals surface area contributed by atoms with E-state index in [0.717, 1.165) is 37.2 Å². The summed E-state index contributed by atoms with van der Waals surface area (Å²) in [5, 5.41) is 0. The van der Waals surface area contributed by atoms with E-state index in [9.17, 15) is 0 Å². The number of hydrogen-bond acceptors (Lipinski definition) is 4. The number of likely N-dealkylation sites (tertiary alicyclic amines) is 1. The Hall–Kier alpha value is -1.46. The predicted molar refractivity (Wildman–Crippen MR) is 90.5 cm³/mol. The van der Waals surface area contributed by atoms with E-state index < -0.39 is 0 Å². The van der Waals surface area contributed by atoms with Crippen LogP contribution in [0.2, 0.25) is 0 Å². The fourth-order valence-electron chi connectivity index (χ4n) is 3.96. The number of piperidine rings is 1. The van der Waals surface area contributed by atoms with Crippen molar-refractivity contribution in [1.29, 1.82) is 0 Å². The number of likely N-dealkylation sites (N-methyl/N-ethyl adjacent to an activating group) is 1. The molecule has 0 spiro atoms. The molecule has 2 saturated heterocycles. The fraction of sp³-hybridized carbons (Fsp3) is 0.667. The molecule has 2 atom stereocenters. The van der Waals surface area contributed by atoms with Crippen molar-refractivity contribution in [1.82, 2.24) is 19.4 Å². The van der Waals surface area contributed by atoms with Gasteiger partial charge in [0.05, 0.1) is 12.6 Å². The number of fused-ring (bicyclic) bond motifs is 1. The molecule has 4 rings (SSSR count). The molecule has 0 aliphatic carbocycles. The monoisotopic (exact) mass is 314 g/mol. The van der Waals surface area contributed by atoms with Gasteiger partial charge in [0.2, 0.25) is 0 Å². The maximum Gasteiger partial charge on any atom is 0.160 e. The predicted octanol–water partition coefficient (Wildman–Crippen LogP) is 2.64. The van der Waals surface area contributed by atoms with E-state index in [-0.39, 0.29) is 0 Å². The molecule has 0 saturated carbocycles. The number of imidazole rings is 1. The molecule has 5 nitrogen and oxygen atoms in total. The molecule has 23 heavy (non-hydrogen) atoms. The Kier molecular flexibility index (Phi) is 4.31. The topological polar surface area (TPSA) is 43.2 Å². The summed E-state index contributed by atoms with van der Waals surface area (Å²) >= 11 is 0. The number of rotatable bonds is 4. The van der Waals surface area contributed by atoms with E-state index in [1.807, 2.05) is 12.3 Å². The molecule has 2 fully saturated rings. The Labute approximate surface area is 137 Å². The molecule has 4 heterocycles. The van der Waals surface area contributed by atoms with Gasteiger partial charge in [-0.3, -0.25) is 0 Å². The van der Waals surface area contributed by atoms with E-state index in [1.165, 1.54) is 38.1 Å². The normalized spacial score (nSPS) is 26.1. The quantitative estimate of drug-likeness (QED) is 0.870. The van der Waals surface area contributed by atoms with Crippen molar-refractivity contribution in [3.05, 3.63) is 24.2 Å². The SMILES string of the molecule is CN1CCCCC1Cc1nc2cccnc2n1CC1CCCO1. The summed E-state index contributed by atoms with van der Waals surface area (Å²) < 4.78 is 8.17. The molecular formula is C18H26N4O. The molecule has 0 N–H and O–H groups in total. The van der Waals surface area contributed by atoms with Gasteiger partial charge in [-0.25, -0.2) is 9.97 Å². The largest absolute Gasteiger partial charge is 0.376 e. The van der Waals surface area contributed by atoms with Crippen molar-refractivity contribution < 1.29 is 4.74 Å². The summed E-state index contributed by atoms with van der Waals surface area (Å²) in [6.45, 7) is 2.99. The van der Waals surface area contributed by atoms with Crippen LogP contribution in [0.15, 0.2) is 18.3 Å². The molecule has 2 aliphatic heterocycles. The average molecular weight is 314 g/mol. The lowest BCUT2D eigenvalue weighted by atomic mass is 10.00. The van der Waals surface area contributed by atoms with Gasteiger partial charge in [-0.2, -0.15) is 0 Å². The third-order valence-corrected chi connectivity index (χ3v) is 5.33. The molecule has 2 aromatic heterocycles. The zero-order valence-electron chi connectivity index (χ0n) is 13.9. The molecule has 0 amide bonds. The number of pyridine rings is 1. The van der Waals surface area contributed by atoms with E-state index in [0.29, 0.717) is 12.1 Å². The number of hydrogen-bond donors (Lipinski definition) is 0. The molecule has 2 aromatic rings. The number of ether oxygens (including phenoxy) is 1. The van der Waals surface area contributed by atoms with Gasteiger partial charge >= 0.3 is 0 Å². The molecule has 5 heteroatoms. The highest BCUT2D eigenvalue weighted by Crippen LogP contribution is 2.23.